The molecule has 0 saturated carbocycles. The molecule has 0 aromatic rings. The summed E-state index contributed by atoms with van der Waals surface area (Å²) in [6.07, 6.45) is 0.750. The van der Waals surface area contributed by atoms with Crippen LogP contribution >= 0.6 is 0 Å². The van der Waals surface area contributed by atoms with E-state index in [4.69, 9.17) is 4.79 Å². The number of carbonyl (C=O) groups is 1. The van der Waals surface area contributed by atoms with E-state index in [1.165, 1.54) is 6.92 Å². The Morgan fingerprint density at radius 3 is 1.75 bits per heavy atom. The summed E-state index contributed by atoms with van der Waals surface area (Å²) in [6, 6.07) is 0. The summed E-state index contributed by atoms with van der Waals surface area (Å²) in [5.74, 6) is 0. The third kappa shape index (κ3) is 26.4. The van der Waals surface area contributed by atoms with Crippen LogP contribution in [0.1, 0.15) is 6.92 Å². The van der Waals surface area contributed by atoms with E-state index < -0.39 is 0 Å². The van der Waals surface area contributed by atoms with E-state index in [1.807, 2.05) is 0 Å². The standard InChI is InChI=1S/C2H4O.Mg.2H/c1-2-3;;;/h2H,1H3;;;. The largest absolute Gasteiger partial charge is 0.316 e. The second kappa shape index (κ2) is 9.89. The molecule has 0 amide bonds. The number of carbonyl (C=O) groups excluding carboxylic acids is 1. The van der Waals surface area contributed by atoms with E-state index in [9.17, 15) is 0 Å². The van der Waals surface area contributed by atoms with Crippen LogP contribution in [0.2, 0.25) is 0 Å². The molecule has 0 fully saturated rings. The Balaban J connectivity index is 0. The number of hydrogen-bond acceptors (Lipinski definition) is 1. The first-order valence-corrected chi connectivity index (χ1v) is 0.813. The molecule has 1 nitrogen and oxygen atoms in total. The lowest BCUT2D eigenvalue weighted by molar-refractivity contribution is -0.106. The van der Waals surface area contributed by atoms with Crippen molar-refractivity contribution in [2.75, 3.05) is 0 Å². The Hall–Kier alpha value is 0.436. The van der Waals surface area contributed by atoms with Gasteiger partial charge in [-0.25, -0.2) is 0 Å². The van der Waals surface area contributed by atoms with Gasteiger partial charge in [0.2, 0.25) is 0 Å². The van der Waals surface area contributed by atoms with Gasteiger partial charge in [-0.1, -0.05) is 0 Å². The molecule has 0 unspecified atom stereocenters. The van der Waals surface area contributed by atoms with Gasteiger partial charge in [0.05, 0.1) is 0 Å². The highest BCUT2D eigenvalue weighted by Gasteiger charge is 1.24. The first-order chi connectivity index (χ1) is 1.41. The third-order valence-corrected chi connectivity index (χ3v) is 0. The fourth-order valence-electron chi connectivity index (χ4n) is 0. The van der Waals surface area contributed by atoms with Crippen molar-refractivity contribution in [2.24, 2.45) is 0 Å². The smallest absolute Gasteiger partial charge is 0.304 e. The van der Waals surface area contributed by atoms with Gasteiger partial charge >= 0.3 is 23.1 Å². The van der Waals surface area contributed by atoms with Crippen LogP contribution < -0.4 is 0 Å². The molecular formula is C2H6MgO. The van der Waals surface area contributed by atoms with Crippen LogP contribution in [-0.2, 0) is 4.79 Å². The zero-order valence-corrected chi connectivity index (χ0v) is 1.99. The molecule has 4 heavy (non-hydrogen) atoms. The minimum atomic E-state index is 0. The van der Waals surface area contributed by atoms with E-state index in [2.05, 4.69) is 0 Å². The molecule has 0 aromatic carbocycles. The van der Waals surface area contributed by atoms with Crippen LogP contribution in [0, 0.1) is 0 Å². The SMILES string of the molecule is CC=O.[MgH2]. The summed E-state index contributed by atoms with van der Waals surface area (Å²) < 4.78 is 0. The molecule has 0 aromatic heterocycles. The molecule has 0 aliphatic heterocycles. The number of hydrogen-bond donors (Lipinski definition) is 0. The highest BCUT2D eigenvalue weighted by Crippen LogP contribution is 1.13. The number of aldehydes is 1. The molecule has 0 radical (unpaired) electrons. The Bertz CT molecular complexity index is 13.5. The lowest BCUT2D eigenvalue weighted by Gasteiger charge is -1.23. The molecule has 0 spiro atoms. The predicted molar refractivity (Wildman–Crippen MR) is 20.3 cm³/mol. The average molecular weight is 70.4 g/mol. The van der Waals surface area contributed by atoms with Crippen molar-refractivity contribution >= 4 is 29.3 Å². The Morgan fingerprint density at radius 1 is 1.75 bits per heavy atom. The van der Waals surface area contributed by atoms with Crippen molar-refractivity contribution in [1.29, 1.82) is 0 Å². The zero-order valence-electron chi connectivity index (χ0n) is 1.99. The maximum Gasteiger partial charge on any atom is 0.316 e. The van der Waals surface area contributed by atoms with E-state index in [0.717, 1.165) is 6.29 Å². The van der Waals surface area contributed by atoms with Gasteiger partial charge in [0, 0.05) is 0 Å². The molecule has 0 aliphatic rings. The van der Waals surface area contributed by atoms with Crippen LogP contribution in [0.5, 0.6) is 0 Å². The molecule has 0 bridgehead atoms. The van der Waals surface area contributed by atoms with Crippen LogP contribution in [0.4, 0.5) is 0 Å². The molecule has 2 heteroatoms. The van der Waals surface area contributed by atoms with Gasteiger partial charge in [0.1, 0.15) is 6.29 Å². The fraction of sp³-hybridized carbons (Fsp3) is 0.500. The van der Waals surface area contributed by atoms with Gasteiger partial charge in [-0.05, 0) is 6.92 Å². The van der Waals surface area contributed by atoms with Crippen LogP contribution in [-0.4, -0.2) is 29.3 Å². The Labute approximate surface area is 41.5 Å². The molecule has 0 saturated heterocycles. The second-order valence-corrected chi connectivity index (χ2v) is 0.236. The van der Waals surface area contributed by atoms with Gasteiger partial charge in [-0.3, -0.25) is 0 Å². The van der Waals surface area contributed by atoms with Crippen molar-refractivity contribution < 1.29 is 4.79 Å². The molecule has 0 N–H and O–H groups in total. The number of rotatable bonds is 0. The molecule has 0 rings (SSSR count). The van der Waals surface area contributed by atoms with Crippen molar-refractivity contribution in [3.8, 4) is 0 Å². The minimum absolute atomic E-state index is 0. The van der Waals surface area contributed by atoms with Crippen LogP contribution in [0.15, 0.2) is 0 Å². The average Bonchev–Trinajstić information content (AvgIpc) is 0.918. The molecule has 0 heterocycles. The van der Waals surface area contributed by atoms with Crippen molar-refractivity contribution in [2.45, 2.75) is 6.92 Å². The van der Waals surface area contributed by atoms with Gasteiger partial charge in [0.15, 0.2) is 0 Å². The lowest BCUT2D eigenvalue weighted by Crippen LogP contribution is -1.36. The second-order valence-electron chi connectivity index (χ2n) is 0.236. The van der Waals surface area contributed by atoms with Crippen LogP contribution in [0.3, 0.4) is 0 Å². The molecule has 22 valence electrons. The van der Waals surface area contributed by atoms with Gasteiger partial charge in [-0.2, -0.15) is 0 Å². The highest BCUT2D eigenvalue weighted by atomic mass is 24.3. The fourth-order valence-corrected chi connectivity index (χ4v) is 0. The predicted octanol–water partition coefficient (Wildman–Crippen LogP) is -0.711. The van der Waals surface area contributed by atoms with E-state index in [1.54, 1.807) is 0 Å². The molecule has 0 atom stereocenters. The monoisotopic (exact) mass is 70.0 g/mol. The summed E-state index contributed by atoms with van der Waals surface area (Å²) in [6.45, 7) is 1.44. The molecule has 0 aliphatic carbocycles. The summed E-state index contributed by atoms with van der Waals surface area (Å²) in [5, 5.41) is 0. The van der Waals surface area contributed by atoms with Gasteiger partial charge in [0.25, 0.3) is 0 Å². The van der Waals surface area contributed by atoms with Crippen molar-refractivity contribution in [3.63, 3.8) is 0 Å². The minimum Gasteiger partial charge on any atom is -0.304 e. The quantitative estimate of drug-likeness (QED) is 0.272. The normalized spacial score (nSPS) is 3.25. The maximum atomic E-state index is 8.81. The topological polar surface area (TPSA) is 17.1 Å². The summed E-state index contributed by atoms with van der Waals surface area (Å²) in [7, 11) is 0. The zero-order chi connectivity index (χ0) is 2.71. The van der Waals surface area contributed by atoms with Gasteiger partial charge in [-0.15, -0.1) is 0 Å². The Kier molecular flexibility index (Phi) is 21.8. The van der Waals surface area contributed by atoms with E-state index in [0.29, 0.717) is 0 Å². The van der Waals surface area contributed by atoms with Crippen molar-refractivity contribution in [1.82, 2.24) is 0 Å². The first-order valence-electron chi connectivity index (χ1n) is 0.813. The van der Waals surface area contributed by atoms with Gasteiger partial charge < -0.3 is 4.79 Å². The lowest BCUT2D eigenvalue weighted by atomic mass is 11.0. The maximum absolute atomic E-state index is 8.81. The highest BCUT2D eigenvalue weighted by molar-refractivity contribution is 5.75. The summed E-state index contributed by atoms with van der Waals surface area (Å²) in [5.41, 5.74) is 0. The van der Waals surface area contributed by atoms with E-state index >= 15 is 0 Å². The Morgan fingerprint density at radius 2 is 1.75 bits per heavy atom. The van der Waals surface area contributed by atoms with Crippen molar-refractivity contribution in [3.05, 3.63) is 0 Å². The summed E-state index contributed by atoms with van der Waals surface area (Å²) >= 11 is 0. The molecular weight excluding hydrogens is 64.3 g/mol. The summed E-state index contributed by atoms with van der Waals surface area (Å²) in [4.78, 5) is 8.81. The van der Waals surface area contributed by atoms with Crippen LogP contribution in [0.25, 0.3) is 0 Å². The third-order valence-electron chi connectivity index (χ3n) is 0. The first kappa shape index (κ1) is 8.83. The van der Waals surface area contributed by atoms with E-state index in [-0.39, 0.29) is 23.1 Å².